The van der Waals surface area contributed by atoms with Crippen molar-refractivity contribution in [1.82, 2.24) is 120 Å². The van der Waals surface area contributed by atoms with E-state index in [1.165, 1.54) is 45.4 Å². The highest BCUT2D eigenvalue weighted by Crippen LogP contribution is 2.38. The fraction of sp³-hybridized carbons (Fsp3) is 0.478. The van der Waals surface area contributed by atoms with Crippen LogP contribution in [0.3, 0.4) is 0 Å². The van der Waals surface area contributed by atoms with Crippen LogP contribution in [0, 0.1) is 51.4 Å². The molecule has 12 aromatic heterocycles. The summed E-state index contributed by atoms with van der Waals surface area (Å²) >= 11 is 0. The first-order valence-electron chi connectivity index (χ1n) is 44.8. The average molecular weight is 1860 g/mol. The van der Waals surface area contributed by atoms with E-state index >= 15 is 0 Å². The number of aromatic nitrogens is 24. The topological polar surface area (TPSA) is 519 Å². The Morgan fingerprint density at radius 2 is 0.659 bits per heavy atom. The second kappa shape index (κ2) is 45.1. The Labute approximate surface area is 776 Å². The molecule has 0 aliphatic heterocycles. The number of aliphatic carboxylic acids is 4. The third kappa shape index (κ3) is 25.8. The van der Waals surface area contributed by atoms with Crippen LogP contribution in [-0.2, 0) is 80.2 Å². The van der Waals surface area contributed by atoms with Crippen molar-refractivity contribution >= 4 is 23.9 Å². The lowest BCUT2D eigenvalue weighted by molar-refractivity contribution is -0.144. The van der Waals surface area contributed by atoms with Gasteiger partial charge in [-0.25, -0.2) is 82.9 Å². The van der Waals surface area contributed by atoms with Gasteiger partial charge >= 0.3 is 23.9 Å². The Balaban J connectivity index is 0.000000144. The maximum absolute atomic E-state index is 13.5. The minimum Gasteiger partial charge on any atom is -0.489 e. The monoisotopic (exact) mass is 1860 g/mol. The summed E-state index contributed by atoms with van der Waals surface area (Å²) in [5.74, 6) is 0.545. The van der Waals surface area contributed by atoms with E-state index < -0.39 is 30.0 Å². The third-order valence-electron chi connectivity index (χ3n) is 23.8. The number of hydrogen-bond acceptors (Lipinski definition) is 34. The second-order valence-electron chi connectivity index (χ2n) is 33.6. The van der Waals surface area contributed by atoms with Crippen LogP contribution >= 0.6 is 0 Å². The quantitative estimate of drug-likeness (QED) is 0.0297. The molecule has 43 heteroatoms. The molecule has 42 nitrogen and oxygen atoms in total. The third-order valence-corrected chi connectivity index (χ3v) is 23.8. The van der Waals surface area contributed by atoms with Crippen molar-refractivity contribution in [2.75, 3.05) is 7.11 Å². The largest absolute Gasteiger partial charge is 0.489 e. The van der Waals surface area contributed by atoms with Crippen LogP contribution in [0.5, 0.6) is 58.3 Å². The molecule has 0 spiro atoms. The summed E-state index contributed by atoms with van der Waals surface area (Å²) in [6, 6.07) is 21.2. The Hall–Kier alpha value is -14.7. The van der Waals surface area contributed by atoms with E-state index in [9.17, 15) is 44.0 Å². The zero-order chi connectivity index (χ0) is 95.3. The van der Waals surface area contributed by atoms with Crippen molar-refractivity contribution in [3.8, 4) is 104 Å². The minimum absolute atomic E-state index is 0.105. The van der Waals surface area contributed by atoms with Crippen LogP contribution in [0.1, 0.15) is 193 Å². The van der Waals surface area contributed by atoms with Crippen molar-refractivity contribution < 1.29 is 91.4 Å². The number of methoxy groups -OCH3 is 1. The van der Waals surface area contributed by atoms with Gasteiger partial charge in [-0.05, 0) is 205 Å². The first-order valence-corrected chi connectivity index (χ1v) is 44.8. The number of halogens is 1. The van der Waals surface area contributed by atoms with Gasteiger partial charge in [0.2, 0.25) is 35.3 Å². The van der Waals surface area contributed by atoms with Crippen molar-refractivity contribution in [2.24, 2.45) is 51.9 Å². The van der Waals surface area contributed by atoms with E-state index in [-0.39, 0.29) is 92.2 Å². The molecule has 5 aliphatic rings. The number of ether oxygens (including phenoxy) is 10. The SMILES string of the molecule is CCc1cc(OCc2c(-c3ccc(O[C@H]4CCC[C@H](C(=O)O)C4)c(C)n3)nnn2C)ncn1.COc1cc(OCc2c(-c3ccc(O[C@H]4CCC[C@H](C(=O)O)C4)c(C)n3)nnn2C)ncn1.Cc1nc(-c2nnn(C)c2COc2cc(C(C)F)ncn2)ccc1O[C@H]1CCC[C@H](C(=O)O)C1.Cc1nc(-c2nnn(C)c2COc2cc(OC3CC3)ncn2)ccc1O[C@H]1CCC[C@H](C(=O)O)C1. The lowest BCUT2D eigenvalue weighted by atomic mass is 9.87. The van der Waals surface area contributed by atoms with Gasteiger partial charge in [0.25, 0.3) is 0 Å². The fourth-order valence-corrected chi connectivity index (χ4v) is 16.0. The van der Waals surface area contributed by atoms with E-state index in [0.29, 0.717) is 178 Å². The average Bonchev–Trinajstić information content (AvgIpc) is 1.69. The first kappa shape index (κ1) is 96.3. The molecule has 1 unspecified atom stereocenters. The number of nitrogens with zero attached hydrogens (tertiary/aromatic N) is 24. The zero-order valence-electron chi connectivity index (χ0n) is 76.9. The summed E-state index contributed by atoms with van der Waals surface area (Å²) in [5.41, 5.74) is 11.8. The highest BCUT2D eigenvalue weighted by atomic mass is 19.1. The number of aryl methyl sites for hydroxylation is 9. The summed E-state index contributed by atoms with van der Waals surface area (Å²) in [4.78, 5) is 96.6. The van der Waals surface area contributed by atoms with Gasteiger partial charge in [-0.3, -0.25) is 19.2 Å². The maximum Gasteiger partial charge on any atom is 0.306 e. The fourth-order valence-electron chi connectivity index (χ4n) is 16.0. The molecule has 12 heterocycles. The summed E-state index contributed by atoms with van der Waals surface area (Å²) in [7, 11) is 8.65. The second-order valence-corrected chi connectivity index (χ2v) is 33.6. The number of pyridine rings is 4. The maximum atomic E-state index is 13.5. The van der Waals surface area contributed by atoms with Gasteiger partial charge < -0.3 is 67.8 Å². The molecule has 0 saturated heterocycles. The summed E-state index contributed by atoms with van der Waals surface area (Å²) < 4.78 is 78.6. The van der Waals surface area contributed by atoms with Crippen LogP contribution in [0.4, 0.5) is 4.39 Å². The zero-order valence-corrected chi connectivity index (χ0v) is 76.9. The standard InChI is InChI=1S/C24H28N6O5.C23H27FN6O4.C23H28N6O4.C22H26N6O5/c1-14-20(34-17-5-3-4-15(10-17)24(31)32)9-8-18(27-14)23-19(30(2)29-28-23)12-33-21-11-22(26-13-25-21)35-16-6-7-16;1-13(24)18-10-21(26-12-25-18)33-11-19-22(28-29-30(19)3)17-7-8-20(14(2)27-17)34-16-6-4-5-15(9-16)23(31)32;1-4-16-11-21(25-13-24-16)32-12-19-22(27-28-29(19)3)18-8-9-20(14(2)26-18)33-17-7-5-6-15(10-17)23(30)31;1-13-18(33-15-6-4-5-14(9-15)22(29)30)8-7-16(25-13)21-17(28(2)27-26-21)11-32-20-10-19(31-3)23-12-24-20/h8-9,11,13,15-17H,3-7,10,12H2,1-2H3,(H,31,32);7-8,10,12-13,15-16H,4-6,9,11H2,1-3H3,(H,31,32);8-9,11,13,15,17H,4-7,10,12H2,1-3H3,(H,30,31);7-8,10,12,14-15H,4-6,9,11H2,1-3H3,(H,29,30)/t15-,17-;13?,15-,16-;15-,17-;14-,15-/m0000/s1. The molecule has 0 aromatic carbocycles. The van der Waals surface area contributed by atoms with Gasteiger partial charge in [-0.15, -0.1) is 20.4 Å². The molecular weight excluding hydrogens is 1750 g/mol. The molecule has 0 amide bonds. The molecule has 12 aromatic rings. The molecule has 5 aliphatic carbocycles. The molecule has 5 fully saturated rings. The number of carbonyl (C=O) groups is 4. The van der Waals surface area contributed by atoms with E-state index in [1.54, 1.807) is 65.1 Å². The van der Waals surface area contributed by atoms with Gasteiger partial charge in [0, 0.05) is 46.0 Å². The van der Waals surface area contributed by atoms with Crippen molar-refractivity contribution in [1.29, 1.82) is 0 Å². The Kier molecular flexibility index (Phi) is 32.2. The van der Waals surface area contributed by atoms with Gasteiger partial charge in [-0.2, -0.15) is 0 Å². The summed E-state index contributed by atoms with van der Waals surface area (Å²) in [5, 5.41) is 70.8. The lowest BCUT2D eigenvalue weighted by Crippen LogP contribution is -2.29. The number of hydrogen-bond donors (Lipinski definition) is 4. The van der Waals surface area contributed by atoms with Crippen LogP contribution in [0.15, 0.2) is 98.1 Å². The van der Waals surface area contributed by atoms with Crippen molar-refractivity contribution in [3.63, 3.8) is 0 Å². The van der Waals surface area contributed by atoms with Crippen LogP contribution < -0.4 is 47.4 Å². The lowest BCUT2D eigenvalue weighted by Gasteiger charge is -2.27. The molecule has 4 N–H and O–H groups in total. The van der Waals surface area contributed by atoms with E-state index in [1.807, 2.05) is 83.1 Å². The Bertz CT molecular complexity index is 5920. The minimum atomic E-state index is -1.23. The van der Waals surface area contributed by atoms with Gasteiger partial charge in [-0.1, -0.05) is 27.8 Å². The molecule has 0 bridgehead atoms. The highest BCUT2D eigenvalue weighted by Gasteiger charge is 2.35. The predicted molar refractivity (Wildman–Crippen MR) is 476 cm³/mol. The predicted octanol–water partition coefficient (Wildman–Crippen LogP) is 12.4. The molecule has 5 saturated carbocycles. The first-order chi connectivity index (χ1) is 65.1. The number of alkyl halides is 1. The van der Waals surface area contributed by atoms with Crippen molar-refractivity contribution in [2.45, 2.75) is 227 Å². The van der Waals surface area contributed by atoms with Crippen LogP contribution in [-0.4, -0.2) is 202 Å². The molecule has 135 heavy (non-hydrogen) atoms. The normalized spacial score (nSPS) is 18.8. The summed E-state index contributed by atoms with van der Waals surface area (Å²) in [6.45, 7) is 11.6. The number of carboxylic acids is 4. The molecule has 0 radical (unpaired) electrons. The highest BCUT2D eigenvalue weighted by molar-refractivity contribution is 5.72. The molecule has 9 atom stereocenters. The Morgan fingerprint density at radius 1 is 0.370 bits per heavy atom. The molecule has 712 valence electrons. The number of rotatable bonds is 33. The van der Waals surface area contributed by atoms with E-state index in [2.05, 4.69) is 101 Å². The van der Waals surface area contributed by atoms with Crippen molar-refractivity contribution in [3.05, 3.63) is 155 Å². The van der Waals surface area contributed by atoms with Crippen LogP contribution in [0.25, 0.3) is 45.6 Å². The van der Waals surface area contributed by atoms with E-state index in [4.69, 9.17) is 47.4 Å². The molecule has 17 rings (SSSR count). The smallest absolute Gasteiger partial charge is 0.306 e. The Morgan fingerprint density at radius 3 is 0.956 bits per heavy atom. The van der Waals surface area contributed by atoms with Gasteiger partial charge in [0.15, 0.2) is 0 Å². The van der Waals surface area contributed by atoms with Crippen LogP contribution in [0.2, 0.25) is 0 Å². The number of carboxylic acid groups (broad SMARTS) is 4. The molecular formula is C92H109FN24O18. The van der Waals surface area contributed by atoms with Gasteiger partial charge in [0.05, 0.1) is 119 Å². The summed E-state index contributed by atoms with van der Waals surface area (Å²) in [6.07, 6.45) is 18.5. The van der Waals surface area contributed by atoms with Gasteiger partial charge in [0.1, 0.15) is 133 Å². The van der Waals surface area contributed by atoms with E-state index in [0.717, 1.165) is 93.4 Å².